The second-order valence-corrected chi connectivity index (χ2v) is 6.11. The Morgan fingerprint density at radius 1 is 1.20 bits per heavy atom. The molecule has 104 valence electrons. The lowest BCUT2D eigenvalue weighted by molar-refractivity contribution is 0.0921. The first kappa shape index (κ1) is 15.1. The van der Waals surface area contributed by atoms with Crippen molar-refractivity contribution in [3.8, 4) is 5.75 Å². The van der Waals surface area contributed by atoms with Gasteiger partial charge in [0.2, 0.25) is 0 Å². The molecule has 0 amide bonds. The molecular weight excluding hydrogens is 336 g/mol. The molecule has 0 heterocycles. The number of benzene rings is 2. The summed E-state index contributed by atoms with van der Waals surface area (Å²) in [5.41, 5.74) is 1.81. The molecule has 2 aromatic carbocycles. The van der Waals surface area contributed by atoms with Crippen molar-refractivity contribution in [2.24, 2.45) is 0 Å². The average molecular weight is 351 g/mol. The van der Waals surface area contributed by atoms with Crippen molar-refractivity contribution >= 4 is 33.5 Å². The number of ketones is 1. The van der Waals surface area contributed by atoms with Gasteiger partial charge in [-0.05, 0) is 58.9 Å². The summed E-state index contributed by atoms with van der Waals surface area (Å²) in [6, 6.07) is 13.3. The van der Waals surface area contributed by atoms with Crippen LogP contribution in [0.25, 0.3) is 0 Å². The first-order valence-corrected chi connectivity index (χ1v) is 8.18. The van der Waals surface area contributed by atoms with E-state index in [9.17, 15) is 4.79 Å². The van der Waals surface area contributed by atoms with Crippen LogP contribution in [0.2, 0.25) is 0 Å². The van der Waals surface area contributed by atoms with E-state index >= 15 is 0 Å². The molecule has 20 heavy (non-hydrogen) atoms. The quantitative estimate of drug-likeness (QED) is 0.575. The van der Waals surface area contributed by atoms with Crippen molar-refractivity contribution in [1.29, 1.82) is 0 Å². The van der Waals surface area contributed by atoms with Crippen molar-refractivity contribution in [3.63, 3.8) is 0 Å². The Labute approximate surface area is 131 Å². The van der Waals surface area contributed by atoms with Crippen LogP contribution in [0.15, 0.2) is 51.8 Å². The second-order valence-electron chi connectivity index (χ2n) is 4.37. The van der Waals surface area contributed by atoms with Crippen molar-refractivity contribution in [1.82, 2.24) is 0 Å². The number of rotatable bonds is 5. The van der Waals surface area contributed by atoms with Crippen LogP contribution in [0.1, 0.15) is 15.9 Å². The largest absolute Gasteiger partial charge is 0.484 e. The third kappa shape index (κ3) is 3.87. The molecule has 0 bridgehead atoms. The highest BCUT2D eigenvalue weighted by atomic mass is 79.9. The minimum Gasteiger partial charge on any atom is -0.484 e. The maximum absolute atomic E-state index is 12.0. The number of aryl methyl sites for hydroxylation is 1. The second kappa shape index (κ2) is 6.95. The van der Waals surface area contributed by atoms with E-state index in [2.05, 4.69) is 15.9 Å². The maximum atomic E-state index is 12.0. The topological polar surface area (TPSA) is 26.3 Å². The zero-order valence-electron chi connectivity index (χ0n) is 11.4. The fourth-order valence-corrected chi connectivity index (χ4v) is 2.74. The zero-order valence-corrected chi connectivity index (χ0v) is 13.8. The molecule has 0 aliphatic rings. The molecule has 2 aromatic rings. The van der Waals surface area contributed by atoms with E-state index in [0.717, 1.165) is 14.9 Å². The van der Waals surface area contributed by atoms with Gasteiger partial charge in [-0.25, -0.2) is 0 Å². The van der Waals surface area contributed by atoms with Crippen molar-refractivity contribution in [2.45, 2.75) is 11.8 Å². The number of hydrogen-bond donors (Lipinski definition) is 0. The molecule has 4 heteroatoms. The van der Waals surface area contributed by atoms with Gasteiger partial charge in [0.15, 0.2) is 12.4 Å². The Bertz CT molecular complexity index is 608. The first-order chi connectivity index (χ1) is 9.60. The van der Waals surface area contributed by atoms with Crippen molar-refractivity contribution in [2.75, 3.05) is 12.9 Å². The van der Waals surface area contributed by atoms with E-state index in [1.807, 2.05) is 55.6 Å². The van der Waals surface area contributed by atoms with Crippen LogP contribution in [0.5, 0.6) is 5.75 Å². The van der Waals surface area contributed by atoms with Crippen LogP contribution in [-0.4, -0.2) is 18.6 Å². The van der Waals surface area contributed by atoms with Crippen LogP contribution in [0.3, 0.4) is 0 Å². The minimum absolute atomic E-state index is 0.0230. The highest BCUT2D eigenvalue weighted by Gasteiger charge is 2.08. The highest BCUT2D eigenvalue weighted by molar-refractivity contribution is 9.10. The summed E-state index contributed by atoms with van der Waals surface area (Å²) in [6.07, 6.45) is 2.01. The lowest BCUT2D eigenvalue weighted by Gasteiger charge is -2.08. The number of ether oxygens (including phenoxy) is 1. The van der Waals surface area contributed by atoms with E-state index in [1.54, 1.807) is 11.8 Å². The van der Waals surface area contributed by atoms with Crippen LogP contribution in [-0.2, 0) is 0 Å². The highest BCUT2D eigenvalue weighted by Crippen LogP contribution is 2.25. The zero-order chi connectivity index (χ0) is 14.5. The predicted molar refractivity (Wildman–Crippen MR) is 86.9 cm³/mol. The van der Waals surface area contributed by atoms with E-state index < -0.39 is 0 Å². The lowest BCUT2D eigenvalue weighted by Crippen LogP contribution is -2.11. The van der Waals surface area contributed by atoms with Crippen LogP contribution < -0.4 is 4.74 Å². The molecule has 0 N–H and O–H groups in total. The van der Waals surface area contributed by atoms with Gasteiger partial charge in [-0.15, -0.1) is 11.8 Å². The van der Waals surface area contributed by atoms with Gasteiger partial charge < -0.3 is 4.74 Å². The van der Waals surface area contributed by atoms with Crippen LogP contribution >= 0.6 is 27.7 Å². The molecule has 0 aliphatic heterocycles. The van der Waals surface area contributed by atoms with Gasteiger partial charge in [0, 0.05) is 10.5 Å². The summed E-state index contributed by atoms with van der Waals surface area (Å²) in [5.74, 6) is 0.662. The molecule has 0 radical (unpaired) electrons. The number of carbonyl (C=O) groups is 1. The van der Waals surface area contributed by atoms with E-state index in [1.165, 1.54) is 0 Å². The summed E-state index contributed by atoms with van der Waals surface area (Å²) in [5, 5.41) is 0. The minimum atomic E-state index is -0.0230. The van der Waals surface area contributed by atoms with Gasteiger partial charge in [-0.2, -0.15) is 0 Å². The molecule has 0 spiro atoms. The summed E-state index contributed by atoms with van der Waals surface area (Å²) in [4.78, 5) is 13.2. The third-order valence-corrected chi connectivity index (χ3v) is 4.22. The van der Waals surface area contributed by atoms with E-state index in [4.69, 9.17) is 4.74 Å². The monoisotopic (exact) mass is 350 g/mol. The predicted octanol–water partition coefficient (Wildman–Crippen LogP) is 4.74. The van der Waals surface area contributed by atoms with Gasteiger partial charge in [0.25, 0.3) is 0 Å². The number of Topliss-reactive ketones (excluding diaryl/α,β-unsaturated/α-hetero) is 1. The molecule has 0 fully saturated rings. The SMILES string of the molecule is CSc1ccc(C(=O)COc2ccc(C)cc2Br)cc1. The van der Waals surface area contributed by atoms with Gasteiger partial charge in [-0.1, -0.05) is 18.2 Å². The summed E-state index contributed by atoms with van der Waals surface area (Å²) < 4.78 is 6.43. The maximum Gasteiger partial charge on any atom is 0.200 e. The molecule has 0 unspecified atom stereocenters. The third-order valence-electron chi connectivity index (χ3n) is 2.86. The molecule has 0 saturated heterocycles. The summed E-state index contributed by atoms with van der Waals surface area (Å²) in [6.45, 7) is 2.05. The van der Waals surface area contributed by atoms with Crippen LogP contribution in [0, 0.1) is 6.92 Å². The van der Waals surface area contributed by atoms with Gasteiger partial charge in [-0.3, -0.25) is 4.79 Å². The van der Waals surface area contributed by atoms with Gasteiger partial charge >= 0.3 is 0 Å². The van der Waals surface area contributed by atoms with Gasteiger partial charge in [0.1, 0.15) is 5.75 Å². The summed E-state index contributed by atoms with van der Waals surface area (Å²) in [7, 11) is 0. The average Bonchev–Trinajstić information content (AvgIpc) is 2.46. The normalized spacial score (nSPS) is 10.3. The van der Waals surface area contributed by atoms with E-state index in [0.29, 0.717) is 11.3 Å². The number of halogens is 1. The molecular formula is C16H15BrO2S. The fourth-order valence-electron chi connectivity index (χ4n) is 1.73. The smallest absolute Gasteiger partial charge is 0.200 e. The Morgan fingerprint density at radius 2 is 1.90 bits per heavy atom. The standard InChI is InChI=1S/C16H15BrO2S/c1-11-3-8-16(14(17)9-11)19-10-15(18)12-4-6-13(20-2)7-5-12/h3-9H,10H2,1-2H3. The first-order valence-electron chi connectivity index (χ1n) is 6.16. The Balaban J connectivity index is 2.00. The van der Waals surface area contributed by atoms with E-state index in [-0.39, 0.29) is 12.4 Å². The molecule has 0 saturated carbocycles. The molecule has 0 aromatic heterocycles. The van der Waals surface area contributed by atoms with Crippen LogP contribution in [0.4, 0.5) is 0 Å². The fraction of sp³-hybridized carbons (Fsp3) is 0.188. The van der Waals surface area contributed by atoms with Crippen molar-refractivity contribution in [3.05, 3.63) is 58.1 Å². The van der Waals surface area contributed by atoms with Gasteiger partial charge in [0.05, 0.1) is 4.47 Å². The summed E-state index contributed by atoms with van der Waals surface area (Å²) >= 11 is 5.09. The number of carbonyl (C=O) groups excluding carboxylic acids is 1. The Morgan fingerprint density at radius 3 is 2.50 bits per heavy atom. The number of thioether (sulfide) groups is 1. The molecule has 2 rings (SSSR count). The molecule has 0 aliphatic carbocycles. The van der Waals surface area contributed by atoms with Crippen molar-refractivity contribution < 1.29 is 9.53 Å². The number of hydrogen-bond acceptors (Lipinski definition) is 3. The Hall–Kier alpha value is -1.26. The molecule has 2 nitrogen and oxygen atoms in total. The lowest BCUT2D eigenvalue weighted by atomic mass is 10.1. The Kier molecular flexibility index (Phi) is 5.26. The molecule has 0 atom stereocenters.